The van der Waals surface area contributed by atoms with Gasteiger partial charge in [0.05, 0.1) is 0 Å². The topological polar surface area (TPSA) is 26.3 Å². The van der Waals surface area contributed by atoms with Crippen molar-refractivity contribution < 1.29 is 9.53 Å². The Balaban J connectivity index is 3.04. The molecule has 0 saturated heterocycles. The molecule has 0 fully saturated rings. The van der Waals surface area contributed by atoms with Crippen LogP contribution >= 0.6 is 11.6 Å². The smallest absolute Gasteiger partial charge is 0.308 e. The highest BCUT2D eigenvalue weighted by Crippen LogP contribution is 2.26. The maximum Gasteiger partial charge on any atom is 0.308 e. The molecule has 0 amide bonds. The quantitative estimate of drug-likeness (QED) is 0.446. The molecule has 0 aromatic heterocycles. The molecule has 0 heterocycles. The molecule has 3 heteroatoms. The van der Waals surface area contributed by atoms with Gasteiger partial charge in [-0.15, -0.1) is 6.58 Å². The molecule has 0 aliphatic heterocycles. The summed E-state index contributed by atoms with van der Waals surface area (Å²) >= 11 is 5.88. The van der Waals surface area contributed by atoms with Crippen molar-refractivity contribution >= 4 is 17.6 Å². The Bertz CT molecular complexity index is 385. The summed E-state index contributed by atoms with van der Waals surface area (Å²) in [5, 5.41) is 0.513. The van der Waals surface area contributed by atoms with Gasteiger partial charge in [-0.1, -0.05) is 17.7 Å². The van der Waals surface area contributed by atoms with Gasteiger partial charge >= 0.3 is 5.97 Å². The molecular weight excluding hydrogens is 212 g/mol. The molecular formula is C12H12ClO2. The first-order valence-corrected chi connectivity index (χ1v) is 4.85. The number of hydrogen-bond acceptors (Lipinski definition) is 2. The van der Waals surface area contributed by atoms with Gasteiger partial charge in [-0.25, -0.2) is 0 Å². The molecule has 0 saturated carbocycles. The molecule has 1 atom stereocenters. The maximum absolute atomic E-state index is 10.8. The van der Waals surface area contributed by atoms with Crippen LogP contribution in [0.25, 0.3) is 0 Å². The third-order valence-corrected chi connectivity index (χ3v) is 2.09. The van der Waals surface area contributed by atoms with Crippen LogP contribution in [0.1, 0.15) is 18.4 Å². The number of ether oxygens (including phenoxy) is 1. The van der Waals surface area contributed by atoms with Crippen LogP contribution in [0.15, 0.2) is 30.9 Å². The maximum atomic E-state index is 10.8. The Morgan fingerprint density at radius 2 is 2.20 bits per heavy atom. The van der Waals surface area contributed by atoms with Crippen molar-refractivity contribution in [2.45, 2.75) is 12.8 Å². The molecule has 0 spiro atoms. The Labute approximate surface area is 94.5 Å². The van der Waals surface area contributed by atoms with E-state index in [0.29, 0.717) is 10.8 Å². The van der Waals surface area contributed by atoms with E-state index < -0.39 is 0 Å². The van der Waals surface area contributed by atoms with Gasteiger partial charge in [-0.2, -0.15) is 0 Å². The van der Waals surface area contributed by atoms with Gasteiger partial charge in [0.1, 0.15) is 5.75 Å². The summed E-state index contributed by atoms with van der Waals surface area (Å²) in [7, 11) is 0. The van der Waals surface area contributed by atoms with Crippen LogP contribution in [0, 0.1) is 6.92 Å². The van der Waals surface area contributed by atoms with Crippen molar-refractivity contribution in [2.24, 2.45) is 0 Å². The van der Waals surface area contributed by atoms with E-state index in [1.54, 1.807) is 24.3 Å². The Morgan fingerprint density at radius 3 is 2.73 bits per heavy atom. The Hall–Kier alpha value is -1.28. The normalized spacial score (nSPS) is 11.9. The largest absolute Gasteiger partial charge is 0.427 e. The average Bonchev–Trinajstić information content (AvgIpc) is 2.14. The minimum Gasteiger partial charge on any atom is -0.427 e. The van der Waals surface area contributed by atoms with Crippen LogP contribution in [-0.4, -0.2) is 5.97 Å². The molecule has 79 valence electrons. The van der Waals surface area contributed by atoms with Crippen LogP contribution < -0.4 is 4.74 Å². The second-order valence-corrected chi connectivity index (χ2v) is 3.59. The summed E-state index contributed by atoms with van der Waals surface area (Å²) in [5.41, 5.74) is 0.869. The van der Waals surface area contributed by atoms with Crippen molar-refractivity contribution in [2.75, 3.05) is 0 Å². The number of rotatable bonds is 3. The highest BCUT2D eigenvalue weighted by atomic mass is 35.5. The van der Waals surface area contributed by atoms with Crippen molar-refractivity contribution in [3.8, 4) is 5.75 Å². The fraction of sp³-hybridized carbons (Fsp3) is 0.167. The Kier molecular flexibility index (Phi) is 3.92. The monoisotopic (exact) mass is 223 g/mol. The summed E-state index contributed by atoms with van der Waals surface area (Å²) in [5.74, 6) is -0.0130. The van der Waals surface area contributed by atoms with E-state index in [2.05, 4.69) is 13.5 Å². The Morgan fingerprint density at radius 1 is 1.53 bits per heavy atom. The first-order valence-electron chi connectivity index (χ1n) is 4.47. The second-order valence-electron chi connectivity index (χ2n) is 3.16. The van der Waals surface area contributed by atoms with E-state index in [1.165, 1.54) is 6.92 Å². The van der Waals surface area contributed by atoms with Gasteiger partial charge in [0, 0.05) is 17.9 Å². The number of carbonyl (C=O) groups excluding carboxylic acids is 1. The van der Waals surface area contributed by atoms with Crippen LogP contribution in [0.2, 0.25) is 5.02 Å². The van der Waals surface area contributed by atoms with E-state index in [1.807, 2.05) is 0 Å². The predicted molar refractivity (Wildman–Crippen MR) is 61.1 cm³/mol. The number of esters is 1. The summed E-state index contributed by atoms with van der Waals surface area (Å²) in [6.07, 6.45) is 1.70. The van der Waals surface area contributed by atoms with Gasteiger partial charge in [0.15, 0.2) is 0 Å². The second kappa shape index (κ2) is 4.99. The molecule has 1 radical (unpaired) electrons. The minimum atomic E-state index is -0.373. The van der Waals surface area contributed by atoms with E-state index in [0.717, 1.165) is 5.56 Å². The molecule has 1 aromatic rings. The SMILES string of the molecule is [CH2]C(C=C)c1cc(Cl)cc(OC(C)=O)c1. The molecule has 2 nitrogen and oxygen atoms in total. The van der Waals surface area contributed by atoms with Gasteiger partial charge in [0.25, 0.3) is 0 Å². The zero-order valence-electron chi connectivity index (χ0n) is 8.50. The molecule has 1 unspecified atom stereocenters. The van der Waals surface area contributed by atoms with Gasteiger partial charge in [0.2, 0.25) is 0 Å². The average molecular weight is 224 g/mol. The van der Waals surface area contributed by atoms with E-state index in [4.69, 9.17) is 16.3 Å². The number of halogens is 1. The molecule has 1 rings (SSSR count). The van der Waals surface area contributed by atoms with E-state index in [-0.39, 0.29) is 11.9 Å². The number of allylic oxidation sites excluding steroid dienone is 1. The zero-order valence-corrected chi connectivity index (χ0v) is 9.25. The van der Waals surface area contributed by atoms with Crippen LogP contribution in [0.4, 0.5) is 0 Å². The lowest BCUT2D eigenvalue weighted by molar-refractivity contribution is -0.131. The minimum absolute atomic E-state index is 0.0713. The van der Waals surface area contributed by atoms with Gasteiger partial charge < -0.3 is 4.74 Å². The molecule has 1 aromatic carbocycles. The number of hydrogen-bond donors (Lipinski definition) is 0. The molecule has 0 N–H and O–H groups in total. The zero-order chi connectivity index (χ0) is 11.4. The molecule has 15 heavy (non-hydrogen) atoms. The van der Waals surface area contributed by atoms with Crippen molar-refractivity contribution in [1.29, 1.82) is 0 Å². The molecule has 0 bridgehead atoms. The van der Waals surface area contributed by atoms with E-state index in [9.17, 15) is 4.79 Å². The summed E-state index contributed by atoms with van der Waals surface area (Å²) in [6.45, 7) is 8.86. The fourth-order valence-electron chi connectivity index (χ4n) is 1.16. The van der Waals surface area contributed by atoms with E-state index >= 15 is 0 Å². The molecule has 0 aliphatic rings. The summed E-state index contributed by atoms with van der Waals surface area (Å²) < 4.78 is 4.94. The van der Waals surface area contributed by atoms with Gasteiger partial charge in [-0.05, 0) is 30.7 Å². The fourth-order valence-corrected chi connectivity index (χ4v) is 1.39. The van der Waals surface area contributed by atoms with Crippen LogP contribution in [0.3, 0.4) is 0 Å². The predicted octanol–water partition coefficient (Wildman–Crippen LogP) is 3.37. The van der Waals surface area contributed by atoms with Crippen molar-refractivity contribution in [3.05, 3.63) is 48.4 Å². The lowest BCUT2D eigenvalue weighted by Crippen LogP contribution is -2.02. The highest BCUT2D eigenvalue weighted by Gasteiger charge is 2.06. The lowest BCUT2D eigenvalue weighted by Gasteiger charge is -2.09. The summed E-state index contributed by atoms with van der Waals surface area (Å²) in [4.78, 5) is 10.8. The number of benzene rings is 1. The third-order valence-electron chi connectivity index (χ3n) is 1.87. The van der Waals surface area contributed by atoms with Crippen LogP contribution in [-0.2, 0) is 4.79 Å². The van der Waals surface area contributed by atoms with Crippen LogP contribution in [0.5, 0.6) is 5.75 Å². The third kappa shape index (κ3) is 3.40. The van der Waals surface area contributed by atoms with Crippen molar-refractivity contribution in [1.82, 2.24) is 0 Å². The lowest BCUT2D eigenvalue weighted by atomic mass is 10.0. The number of carbonyl (C=O) groups is 1. The highest BCUT2D eigenvalue weighted by molar-refractivity contribution is 6.30. The first-order chi connectivity index (χ1) is 7.02. The standard InChI is InChI=1S/C12H12ClO2/c1-4-8(2)10-5-11(13)7-12(6-10)15-9(3)14/h4-8H,1-2H2,3H3. The summed E-state index contributed by atoms with van der Waals surface area (Å²) in [6, 6.07) is 5.09. The van der Waals surface area contributed by atoms with Crippen molar-refractivity contribution in [3.63, 3.8) is 0 Å². The van der Waals surface area contributed by atoms with Gasteiger partial charge in [-0.3, -0.25) is 4.79 Å². The molecule has 0 aliphatic carbocycles. The first kappa shape index (κ1) is 11.8.